The molecule has 0 saturated carbocycles. The summed E-state index contributed by atoms with van der Waals surface area (Å²) >= 11 is 3.47. The molecule has 19 heavy (non-hydrogen) atoms. The number of pyridine rings is 2. The van der Waals surface area contributed by atoms with Gasteiger partial charge >= 0.3 is 0 Å². The lowest BCUT2D eigenvalue weighted by Crippen LogP contribution is -1.91. The zero-order valence-electron chi connectivity index (χ0n) is 10.3. The Morgan fingerprint density at radius 2 is 1.95 bits per heavy atom. The maximum absolute atomic E-state index is 5.39. The quantitative estimate of drug-likeness (QED) is 0.715. The van der Waals surface area contributed by atoms with E-state index in [0.717, 1.165) is 32.5 Å². The maximum atomic E-state index is 5.39. The zero-order chi connectivity index (χ0) is 13.2. The van der Waals surface area contributed by atoms with Crippen LogP contribution in [0.3, 0.4) is 0 Å². The lowest BCUT2D eigenvalue weighted by molar-refractivity contribution is 0.418. The Kier molecular flexibility index (Phi) is 3.17. The molecule has 0 amide bonds. The van der Waals surface area contributed by atoms with Crippen molar-refractivity contribution in [3.05, 3.63) is 53.1 Å². The Morgan fingerprint density at radius 3 is 2.68 bits per heavy atom. The largest absolute Gasteiger partial charge is 0.494 e. The van der Waals surface area contributed by atoms with Crippen LogP contribution in [0.4, 0.5) is 0 Å². The zero-order valence-corrected chi connectivity index (χ0v) is 11.9. The van der Waals surface area contributed by atoms with Crippen molar-refractivity contribution in [2.24, 2.45) is 0 Å². The van der Waals surface area contributed by atoms with E-state index in [0.29, 0.717) is 0 Å². The van der Waals surface area contributed by atoms with Crippen molar-refractivity contribution in [2.75, 3.05) is 7.11 Å². The highest BCUT2D eigenvalue weighted by Gasteiger charge is 2.08. The molecule has 0 spiro atoms. The van der Waals surface area contributed by atoms with Gasteiger partial charge in [0.2, 0.25) is 0 Å². The molecule has 1 aromatic carbocycles. The number of hydrogen-bond acceptors (Lipinski definition) is 3. The van der Waals surface area contributed by atoms with E-state index in [-0.39, 0.29) is 0 Å². The fourth-order valence-corrected chi connectivity index (χ4v) is 2.43. The van der Waals surface area contributed by atoms with Gasteiger partial charge in [-0.3, -0.25) is 4.98 Å². The molecule has 0 unspecified atom stereocenters. The van der Waals surface area contributed by atoms with Crippen LogP contribution in [0.5, 0.6) is 5.75 Å². The van der Waals surface area contributed by atoms with E-state index in [9.17, 15) is 0 Å². The molecule has 0 fully saturated rings. The first-order valence-electron chi connectivity index (χ1n) is 5.83. The van der Waals surface area contributed by atoms with Crippen LogP contribution in [-0.4, -0.2) is 17.1 Å². The molecule has 0 saturated heterocycles. The summed E-state index contributed by atoms with van der Waals surface area (Å²) in [5.74, 6) is 0.752. The number of aromatic nitrogens is 2. The molecule has 3 rings (SSSR count). The molecule has 0 N–H and O–H groups in total. The molecule has 0 aliphatic heterocycles. The van der Waals surface area contributed by atoms with E-state index in [1.54, 1.807) is 13.3 Å². The van der Waals surface area contributed by atoms with E-state index >= 15 is 0 Å². The van der Waals surface area contributed by atoms with Crippen LogP contribution in [-0.2, 0) is 0 Å². The highest BCUT2D eigenvalue weighted by molar-refractivity contribution is 9.10. The fourth-order valence-electron chi connectivity index (χ4n) is 1.98. The smallest absolute Gasteiger partial charge is 0.146 e. The first kappa shape index (κ1) is 12.1. The third-order valence-electron chi connectivity index (χ3n) is 2.87. The van der Waals surface area contributed by atoms with Gasteiger partial charge in [0, 0.05) is 16.1 Å². The molecule has 0 atom stereocenters. The Balaban J connectivity index is 2.23. The first-order chi connectivity index (χ1) is 9.28. The van der Waals surface area contributed by atoms with Gasteiger partial charge in [-0.25, -0.2) is 4.98 Å². The third kappa shape index (κ3) is 2.31. The van der Waals surface area contributed by atoms with Crippen molar-refractivity contribution in [2.45, 2.75) is 0 Å². The Bertz CT molecular complexity index is 729. The van der Waals surface area contributed by atoms with E-state index in [4.69, 9.17) is 4.74 Å². The van der Waals surface area contributed by atoms with Gasteiger partial charge in [0.25, 0.3) is 0 Å². The van der Waals surface area contributed by atoms with Gasteiger partial charge in [-0.05, 0) is 30.3 Å². The Labute approximate surface area is 119 Å². The molecule has 2 aromatic heterocycles. The lowest BCUT2D eigenvalue weighted by Gasteiger charge is -2.07. The van der Waals surface area contributed by atoms with E-state index in [1.165, 1.54) is 0 Å². The summed E-state index contributed by atoms with van der Waals surface area (Å²) in [6.07, 6.45) is 1.76. The summed E-state index contributed by atoms with van der Waals surface area (Å²) in [4.78, 5) is 8.97. The van der Waals surface area contributed by atoms with E-state index < -0.39 is 0 Å². The normalized spacial score (nSPS) is 10.6. The minimum atomic E-state index is 0.752. The maximum Gasteiger partial charge on any atom is 0.146 e. The molecule has 0 radical (unpaired) electrons. The summed E-state index contributed by atoms with van der Waals surface area (Å²) < 4.78 is 6.36. The molecule has 0 aliphatic carbocycles. The molecule has 3 nitrogen and oxygen atoms in total. The lowest BCUT2D eigenvalue weighted by atomic mass is 10.1. The minimum Gasteiger partial charge on any atom is -0.494 e. The standard InChI is InChI=1S/C15H11BrN2O/c1-19-14-9-11(16)8-10-5-6-13(18-15(10)14)12-4-2-3-7-17-12/h2-9H,1H3. The number of benzene rings is 1. The topological polar surface area (TPSA) is 35.0 Å². The van der Waals surface area contributed by atoms with Crippen molar-refractivity contribution in [3.8, 4) is 17.1 Å². The number of halogens is 1. The van der Waals surface area contributed by atoms with Crippen LogP contribution >= 0.6 is 15.9 Å². The third-order valence-corrected chi connectivity index (χ3v) is 3.33. The Morgan fingerprint density at radius 1 is 1.05 bits per heavy atom. The van der Waals surface area contributed by atoms with Crippen molar-refractivity contribution < 1.29 is 4.74 Å². The van der Waals surface area contributed by atoms with Gasteiger partial charge < -0.3 is 4.74 Å². The fraction of sp³-hybridized carbons (Fsp3) is 0.0667. The Hall–Kier alpha value is -1.94. The average Bonchev–Trinajstić information content (AvgIpc) is 2.46. The first-order valence-corrected chi connectivity index (χ1v) is 6.63. The van der Waals surface area contributed by atoms with E-state index in [1.807, 2.05) is 42.5 Å². The second-order valence-electron chi connectivity index (χ2n) is 4.09. The van der Waals surface area contributed by atoms with Crippen LogP contribution in [0, 0.1) is 0 Å². The highest BCUT2D eigenvalue weighted by Crippen LogP contribution is 2.30. The summed E-state index contributed by atoms with van der Waals surface area (Å²) in [7, 11) is 1.65. The summed E-state index contributed by atoms with van der Waals surface area (Å²) in [6.45, 7) is 0. The van der Waals surface area contributed by atoms with Gasteiger partial charge in [0.05, 0.1) is 18.5 Å². The monoisotopic (exact) mass is 314 g/mol. The number of rotatable bonds is 2. The molecule has 0 bridgehead atoms. The average molecular weight is 315 g/mol. The predicted molar refractivity (Wildman–Crippen MR) is 79.2 cm³/mol. The highest BCUT2D eigenvalue weighted by atomic mass is 79.9. The van der Waals surface area contributed by atoms with Crippen molar-refractivity contribution in [1.29, 1.82) is 0 Å². The number of hydrogen-bond donors (Lipinski definition) is 0. The van der Waals surface area contributed by atoms with Gasteiger partial charge in [0.1, 0.15) is 11.3 Å². The summed E-state index contributed by atoms with van der Waals surface area (Å²) in [6, 6.07) is 13.7. The van der Waals surface area contributed by atoms with Crippen molar-refractivity contribution in [3.63, 3.8) is 0 Å². The second kappa shape index (κ2) is 4.97. The van der Waals surface area contributed by atoms with Crippen LogP contribution in [0.15, 0.2) is 53.1 Å². The van der Waals surface area contributed by atoms with Gasteiger partial charge in [-0.15, -0.1) is 0 Å². The SMILES string of the molecule is COc1cc(Br)cc2ccc(-c3ccccn3)nc12. The predicted octanol–water partition coefficient (Wildman–Crippen LogP) is 4.07. The number of methoxy groups -OCH3 is 1. The molecular formula is C15H11BrN2O. The molecule has 4 heteroatoms. The number of nitrogens with zero attached hydrogens (tertiary/aromatic N) is 2. The summed E-state index contributed by atoms with van der Waals surface area (Å²) in [5.41, 5.74) is 2.54. The van der Waals surface area contributed by atoms with Crippen LogP contribution < -0.4 is 4.74 Å². The van der Waals surface area contributed by atoms with Crippen LogP contribution in [0.25, 0.3) is 22.3 Å². The van der Waals surface area contributed by atoms with Crippen molar-refractivity contribution >= 4 is 26.8 Å². The van der Waals surface area contributed by atoms with Crippen LogP contribution in [0.1, 0.15) is 0 Å². The van der Waals surface area contributed by atoms with Gasteiger partial charge in [-0.2, -0.15) is 0 Å². The molecule has 2 heterocycles. The van der Waals surface area contributed by atoms with Crippen molar-refractivity contribution in [1.82, 2.24) is 9.97 Å². The van der Waals surface area contributed by atoms with Gasteiger partial charge in [-0.1, -0.05) is 28.1 Å². The number of fused-ring (bicyclic) bond motifs is 1. The molecule has 94 valence electrons. The van der Waals surface area contributed by atoms with Gasteiger partial charge in [0.15, 0.2) is 0 Å². The van der Waals surface area contributed by atoms with E-state index in [2.05, 4.69) is 25.9 Å². The second-order valence-corrected chi connectivity index (χ2v) is 5.01. The molecule has 3 aromatic rings. The van der Waals surface area contributed by atoms with Crippen LogP contribution in [0.2, 0.25) is 0 Å². The summed E-state index contributed by atoms with van der Waals surface area (Å²) in [5, 5.41) is 1.03. The molecule has 0 aliphatic rings. The number of ether oxygens (including phenoxy) is 1. The molecular weight excluding hydrogens is 304 g/mol. The minimum absolute atomic E-state index is 0.752.